The molecule has 1 unspecified atom stereocenters. The quantitative estimate of drug-likeness (QED) is 0.237. The lowest BCUT2D eigenvalue weighted by molar-refractivity contribution is 0.264. The van der Waals surface area contributed by atoms with Crippen LogP contribution in [0, 0.1) is 0 Å². The molecule has 0 aromatic carbocycles. The zero-order chi connectivity index (χ0) is 14.8. The van der Waals surface area contributed by atoms with E-state index in [4.69, 9.17) is 15.3 Å². The molecule has 0 aliphatic rings. The molecule has 0 amide bonds. The van der Waals surface area contributed by atoms with Gasteiger partial charge >= 0.3 is 0 Å². The number of hydrogen-bond donors (Lipinski definition) is 5. The lowest BCUT2D eigenvalue weighted by atomic mass is 10.5. The predicted molar refractivity (Wildman–Crippen MR) is 81.7 cm³/mol. The molecule has 0 spiro atoms. The first-order valence-corrected chi connectivity index (χ1v) is 12.6. The monoisotopic (exact) mass is 310 g/mol. The molecular formula is C11H30N2O4Si2. The maximum Gasteiger partial charge on any atom is 0.215 e. The van der Waals surface area contributed by atoms with Crippen LogP contribution in [0.2, 0.25) is 25.2 Å². The van der Waals surface area contributed by atoms with E-state index in [-0.39, 0.29) is 12.5 Å². The molecule has 0 saturated carbocycles. The average Bonchev–Trinajstić information content (AvgIpc) is 2.38. The predicted octanol–water partition coefficient (Wildman–Crippen LogP) is -0.853. The van der Waals surface area contributed by atoms with Crippen molar-refractivity contribution in [3.63, 3.8) is 0 Å². The van der Waals surface area contributed by atoms with Gasteiger partial charge in [-0.05, 0) is 38.1 Å². The largest absolute Gasteiger partial charge is 0.429 e. The van der Waals surface area contributed by atoms with E-state index in [1.165, 1.54) is 0 Å². The summed E-state index contributed by atoms with van der Waals surface area (Å²) in [5, 5.41) is 21.6. The Morgan fingerprint density at radius 1 is 1.11 bits per heavy atom. The summed E-state index contributed by atoms with van der Waals surface area (Å²) in [7, 11) is -4.58. The molecule has 8 heteroatoms. The molecule has 0 aromatic rings. The van der Waals surface area contributed by atoms with E-state index < -0.39 is 16.6 Å². The van der Waals surface area contributed by atoms with Crippen LogP contribution in [0.5, 0.6) is 0 Å². The van der Waals surface area contributed by atoms with Crippen molar-refractivity contribution in [3.05, 3.63) is 0 Å². The molecule has 0 saturated heterocycles. The Hall–Kier alpha value is 0.194. The average molecular weight is 311 g/mol. The normalized spacial score (nSPS) is 15.5. The van der Waals surface area contributed by atoms with Crippen LogP contribution in [0.1, 0.15) is 6.42 Å². The van der Waals surface area contributed by atoms with E-state index in [9.17, 15) is 9.90 Å². The lowest BCUT2D eigenvalue weighted by Crippen LogP contribution is -2.43. The Balaban J connectivity index is 3.88. The highest BCUT2D eigenvalue weighted by molar-refractivity contribution is 6.73. The summed E-state index contributed by atoms with van der Waals surface area (Å²) in [5.41, 5.74) is 5.37. The third kappa shape index (κ3) is 9.69. The van der Waals surface area contributed by atoms with Crippen molar-refractivity contribution in [1.29, 1.82) is 0 Å². The topological polar surface area (TPSA) is 108 Å². The van der Waals surface area contributed by atoms with E-state index in [0.29, 0.717) is 25.2 Å². The molecule has 0 aliphatic carbocycles. The fraction of sp³-hybridized carbons (Fsp3) is 1.00. The first-order valence-electron chi connectivity index (χ1n) is 6.88. The van der Waals surface area contributed by atoms with Crippen LogP contribution in [0.4, 0.5) is 0 Å². The Labute approximate surface area is 118 Å². The third-order valence-electron chi connectivity index (χ3n) is 3.05. The summed E-state index contributed by atoms with van der Waals surface area (Å²) < 4.78 is 5.64. The molecule has 0 aromatic heterocycles. The summed E-state index contributed by atoms with van der Waals surface area (Å²) in [6.07, 6.45) is 0.785. The van der Waals surface area contributed by atoms with Gasteiger partial charge in [0.25, 0.3) is 0 Å². The molecule has 0 aliphatic heterocycles. The zero-order valence-electron chi connectivity index (χ0n) is 12.2. The molecule has 116 valence electrons. The summed E-state index contributed by atoms with van der Waals surface area (Å²) in [6.45, 7) is 6.49. The van der Waals surface area contributed by atoms with Gasteiger partial charge in [0.2, 0.25) is 16.6 Å². The van der Waals surface area contributed by atoms with Crippen LogP contribution in [0.25, 0.3) is 0 Å². The van der Waals surface area contributed by atoms with Gasteiger partial charge in [0.15, 0.2) is 0 Å². The maximum atomic E-state index is 10.4. The summed E-state index contributed by atoms with van der Waals surface area (Å²) in [5.74, 6) is 0. The highest BCUT2D eigenvalue weighted by atomic mass is 28.4. The summed E-state index contributed by atoms with van der Waals surface area (Å²) in [6, 6.07) is 1.18. The van der Waals surface area contributed by atoms with Crippen molar-refractivity contribution in [2.75, 3.05) is 38.7 Å². The third-order valence-corrected chi connectivity index (χ3v) is 7.81. The van der Waals surface area contributed by atoms with E-state index in [0.717, 1.165) is 19.5 Å². The van der Waals surface area contributed by atoms with E-state index in [1.807, 2.05) is 13.1 Å². The Bertz CT molecular complexity index is 235. The maximum absolute atomic E-state index is 10.4. The molecule has 0 bridgehead atoms. The van der Waals surface area contributed by atoms with Crippen LogP contribution in [-0.2, 0) is 4.43 Å². The number of aliphatic hydroxyl groups excluding tert-OH is 2. The second kappa shape index (κ2) is 10.00. The molecule has 1 atom stereocenters. The molecule has 6 nitrogen and oxygen atoms in total. The number of nitrogens with one attached hydrogen (secondary N) is 1. The van der Waals surface area contributed by atoms with Gasteiger partial charge in [0.1, 0.15) is 0 Å². The minimum atomic E-state index is -2.60. The van der Waals surface area contributed by atoms with Gasteiger partial charge in [-0.15, -0.1) is 0 Å². The Kier molecular flexibility index (Phi) is 10.1. The van der Waals surface area contributed by atoms with Gasteiger partial charge in [-0.2, -0.15) is 0 Å². The smallest absolute Gasteiger partial charge is 0.215 e. The number of hydrogen-bond acceptors (Lipinski definition) is 6. The molecule has 0 rings (SSSR count). The summed E-state index contributed by atoms with van der Waals surface area (Å²) in [4.78, 5) is 10.4. The molecule has 0 fully saturated rings. The zero-order valence-corrected chi connectivity index (χ0v) is 14.2. The highest BCUT2D eigenvalue weighted by Crippen LogP contribution is 2.15. The van der Waals surface area contributed by atoms with Gasteiger partial charge in [-0.3, -0.25) is 0 Å². The van der Waals surface area contributed by atoms with Crippen molar-refractivity contribution >= 4 is 16.6 Å². The molecule has 19 heavy (non-hydrogen) atoms. The van der Waals surface area contributed by atoms with Crippen LogP contribution < -0.4 is 11.1 Å². The fourth-order valence-corrected chi connectivity index (χ4v) is 4.45. The van der Waals surface area contributed by atoms with Crippen molar-refractivity contribution in [2.24, 2.45) is 5.73 Å². The minimum Gasteiger partial charge on any atom is -0.429 e. The number of aliphatic hydroxyl groups is 2. The van der Waals surface area contributed by atoms with Crippen molar-refractivity contribution in [2.45, 2.75) is 31.6 Å². The first kappa shape index (κ1) is 19.2. The van der Waals surface area contributed by atoms with Gasteiger partial charge in [0.05, 0.1) is 12.5 Å². The first-order chi connectivity index (χ1) is 8.89. The van der Waals surface area contributed by atoms with Crippen molar-refractivity contribution in [3.8, 4) is 0 Å². The van der Waals surface area contributed by atoms with Gasteiger partial charge in [0, 0.05) is 19.7 Å². The van der Waals surface area contributed by atoms with Crippen LogP contribution >= 0.6 is 0 Å². The van der Waals surface area contributed by atoms with Crippen LogP contribution in [-0.4, -0.2) is 70.3 Å². The van der Waals surface area contributed by atoms with Gasteiger partial charge < -0.3 is 30.5 Å². The minimum absolute atomic E-state index is 0.0785. The second-order valence-electron chi connectivity index (χ2n) is 5.54. The van der Waals surface area contributed by atoms with E-state index in [1.54, 1.807) is 0 Å². The van der Waals surface area contributed by atoms with Crippen molar-refractivity contribution < 1.29 is 19.4 Å². The lowest BCUT2D eigenvalue weighted by Gasteiger charge is -2.26. The Morgan fingerprint density at radius 2 is 1.79 bits per heavy atom. The van der Waals surface area contributed by atoms with Crippen molar-refractivity contribution in [1.82, 2.24) is 5.32 Å². The number of nitrogens with two attached hydrogens (primary N) is 1. The van der Waals surface area contributed by atoms with Gasteiger partial charge in [-0.1, -0.05) is 0 Å². The molecule has 0 heterocycles. The molecule has 0 radical (unpaired) electrons. The van der Waals surface area contributed by atoms with E-state index >= 15 is 0 Å². The van der Waals surface area contributed by atoms with E-state index in [2.05, 4.69) is 5.32 Å². The molecular weight excluding hydrogens is 280 g/mol. The van der Waals surface area contributed by atoms with Gasteiger partial charge in [-0.25, -0.2) is 0 Å². The Morgan fingerprint density at radius 3 is 2.32 bits per heavy atom. The molecule has 6 N–H and O–H groups in total. The van der Waals surface area contributed by atoms with Crippen LogP contribution in [0.3, 0.4) is 0 Å². The summed E-state index contributed by atoms with van der Waals surface area (Å²) >= 11 is 0. The second-order valence-corrected chi connectivity index (χ2v) is 13.4. The number of rotatable bonds is 12. The SMILES string of the molecule is C[Si](C)(CO)OCC[Si](O)(CO)CCCNCCN. The fourth-order valence-electron chi connectivity index (χ4n) is 1.62. The standard InChI is InChI=1S/C11H30N2O4Si2/c1-18(2,10-14)17-7-9-19(16,11-15)8-3-5-13-6-4-12/h13-16H,3-12H2,1-2H3. The highest BCUT2D eigenvalue weighted by Gasteiger charge is 2.31. The van der Waals surface area contributed by atoms with Crippen LogP contribution in [0.15, 0.2) is 0 Å².